The molecule has 0 aliphatic rings. The van der Waals surface area contributed by atoms with Crippen LogP contribution < -0.4 is 5.32 Å². The van der Waals surface area contributed by atoms with Gasteiger partial charge in [0.2, 0.25) is 5.91 Å². The number of rotatable bonds is 5. The summed E-state index contributed by atoms with van der Waals surface area (Å²) in [7, 11) is 0. The Bertz CT molecular complexity index is 907. The molecular formula is C19H18ClN3OS. The second kappa shape index (κ2) is 7.76. The quantitative estimate of drug-likeness (QED) is 0.650. The summed E-state index contributed by atoms with van der Waals surface area (Å²) in [6, 6.07) is 11.5. The second-order valence-electron chi connectivity index (χ2n) is 5.48. The first kappa shape index (κ1) is 17.6. The lowest BCUT2D eigenvalue weighted by Gasteiger charge is -2.06. The fourth-order valence-electron chi connectivity index (χ4n) is 2.41. The minimum absolute atomic E-state index is 0.0572. The largest absolute Gasteiger partial charge is 0.311 e. The van der Waals surface area contributed by atoms with Gasteiger partial charge in [0.1, 0.15) is 5.82 Å². The van der Waals surface area contributed by atoms with Crippen LogP contribution in [0.3, 0.4) is 0 Å². The van der Waals surface area contributed by atoms with E-state index >= 15 is 0 Å². The molecule has 2 heterocycles. The number of aromatic nitrogens is 2. The fraction of sp³-hybridized carbons (Fsp3) is 0.211. The lowest BCUT2D eigenvalue weighted by Crippen LogP contribution is -2.10. The highest BCUT2D eigenvalue weighted by atomic mass is 35.5. The van der Waals surface area contributed by atoms with Crippen molar-refractivity contribution in [2.24, 2.45) is 0 Å². The van der Waals surface area contributed by atoms with Gasteiger partial charge in [-0.2, -0.15) is 0 Å². The molecule has 0 aliphatic carbocycles. The van der Waals surface area contributed by atoms with Crippen LogP contribution in [0.4, 0.5) is 5.82 Å². The molecule has 0 saturated carbocycles. The topological polar surface area (TPSA) is 54.9 Å². The summed E-state index contributed by atoms with van der Waals surface area (Å²) in [5.41, 5.74) is 2.87. The number of hydrogen-bond donors (Lipinski definition) is 1. The van der Waals surface area contributed by atoms with Gasteiger partial charge in [0, 0.05) is 23.2 Å². The number of nitrogens with one attached hydrogen (secondary N) is 1. The van der Waals surface area contributed by atoms with E-state index in [1.807, 2.05) is 43.3 Å². The molecule has 1 amide bonds. The van der Waals surface area contributed by atoms with E-state index in [1.54, 1.807) is 17.5 Å². The van der Waals surface area contributed by atoms with Gasteiger partial charge in [-0.15, -0.1) is 11.3 Å². The van der Waals surface area contributed by atoms with Crippen LogP contribution in [0.25, 0.3) is 21.7 Å². The Morgan fingerprint density at radius 2 is 2.04 bits per heavy atom. The molecule has 0 radical (unpaired) electrons. The molecule has 0 fully saturated rings. The number of anilines is 1. The monoisotopic (exact) mass is 371 g/mol. The van der Waals surface area contributed by atoms with Gasteiger partial charge < -0.3 is 5.32 Å². The van der Waals surface area contributed by atoms with Gasteiger partial charge >= 0.3 is 0 Å². The summed E-state index contributed by atoms with van der Waals surface area (Å²) >= 11 is 7.80. The lowest BCUT2D eigenvalue weighted by molar-refractivity contribution is -0.115. The molecule has 0 spiro atoms. The number of amides is 1. The van der Waals surface area contributed by atoms with E-state index in [-0.39, 0.29) is 5.91 Å². The number of halogens is 1. The average Bonchev–Trinajstić information content (AvgIpc) is 3.06. The SMILES string of the molecule is CCC(=O)Nc1cc(-c2sc(CC)nc2-c2cccc(Cl)c2)ccn1. The molecule has 0 saturated heterocycles. The van der Waals surface area contributed by atoms with Crippen LogP contribution in [-0.2, 0) is 11.2 Å². The first-order chi connectivity index (χ1) is 12.1. The predicted molar refractivity (Wildman–Crippen MR) is 104 cm³/mol. The Morgan fingerprint density at radius 3 is 2.76 bits per heavy atom. The summed E-state index contributed by atoms with van der Waals surface area (Å²) < 4.78 is 0. The van der Waals surface area contributed by atoms with Crippen molar-refractivity contribution in [1.29, 1.82) is 0 Å². The maximum Gasteiger partial charge on any atom is 0.225 e. The number of nitrogens with zero attached hydrogens (tertiary/aromatic N) is 2. The zero-order chi connectivity index (χ0) is 17.8. The molecule has 128 valence electrons. The first-order valence-corrected chi connectivity index (χ1v) is 9.32. The Hall–Kier alpha value is -2.24. The number of pyridine rings is 1. The van der Waals surface area contributed by atoms with Crippen molar-refractivity contribution in [3.63, 3.8) is 0 Å². The number of thiazole rings is 1. The van der Waals surface area contributed by atoms with Crippen LogP contribution in [0.1, 0.15) is 25.3 Å². The molecule has 3 rings (SSSR count). The van der Waals surface area contributed by atoms with Gasteiger partial charge in [-0.1, -0.05) is 37.6 Å². The lowest BCUT2D eigenvalue weighted by atomic mass is 10.1. The highest BCUT2D eigenvalue weighted by molar-refractivity contribution is 7.15. The highest BCUT2D eigenvalue weighted by Gasteiger charge is 2.15. The number of carbonyl (C=O) groups is 1. The minimum Gasteiger partial charge on any atom is -0.311 e. The Balaban J connectivity index is 2.06. The molecule has 25 heavy (non-hydrogen) atoms. The van der Waals surface area contributed by atoms with Crippen molar-refractivity contribution in [1.82, 2.24) is 9.97 Å². The van der Waals surface area contributed by atoms with Gasteiger partial charge in [-0.3, -0.25) is 4.79 Å². The van der Waals surface area contributed by atoms with Crippen molar-refractivity contribution in [2.45, 2.75) is 26.7 Å². The van der Waals surface area contributed by atoms with Gasteiger partial charge in [0.15, 0.2) is 0 Å². The fourth-order valence-corrected chi connectivity index (χ4v) is 3.63. The predicted octanol–water partition coefficient (Wildman–Crippen LogP) is 5.44. The summed E-state index contributed by atoms with van der Waals surface area (Å²) in [6.45, 7) is 3.90. The van der Waals surface area contributed by atoms with Crippen LogP contribution in [0.5, 0.6) is 0 Å². The van der Waals surface area contributed by atoms with Crippen molar-refractivity contribution in [2.75, 3.05) is 5.32 Å². The highest BCUT2D eigenvalue weighted by Crippen LogP contribution is 2.38. The minimum atomic E-state index is -0.0572. The van der Waals surface area contributed by atoms with E-state index in [1.165, 1.54) is 0 Å². The molecule has 2 aromatic heterocycles. The summed E-state index contributed by atoms with van der Waals surface area (Å²) in [5, 5.41) is 4.54. The maximum atomic E-state index is 11.6. The van der Waals surface area contributed by atoms with E-state index in [9.17, 15) is 4.79 Å². The molecule has 4 nitrogen and oxygen atoms in total. The Morgan fingerprint density at radius 1 is 1.20 bits per heavy atom. The zero-order valence-electron chi connectivity index (χ0n) is 14.0. The number of carbonyl (C=O) groups excluding carboxylic acids is 1. The van der Waals surface area contributed by atoms with E-state index in [4.69, 9.17) is 16.6 Å². The van der Waals surface area contributed by atoms with E-state index < -0.39 is 0 Å². The molecule has 0 atom stereocenters. The van der Waals surface area contributed by atoms with Crippen LogP contribution in [0.2, 0.25) is 5.02 Å². The first-order valence-electron chi connectivity index (χ1n) is 8.12. The standard InChI is InChI=1S/C19H18ClN3OS/c1-3-16(24)22-15-11-13(8-9-21-15)19-18(23-17(4-2)25-19)12-6-5-7-14(20)10-12/h5-11H,3-4H2,1-2H3,(H,21,22,24). The van der Waals surface area contributed by atoms with E-state index in [0.717, 1.165) is 33.1 Å². The summed E-state index contributed by atoms with van der Waals surface area (Å²) in [4.78, 5) is 21.7. The van der Waals surface area contributed by atoms with Crippen molar-refractivity contribution in [3.8, 4) is 21.7 Å². The Kier molecular flexibility index (Phi) is 5.46. The van der Waals surface area contributed by atoms with Crippen molar-refractivity contribution < 1.29 is 4.79 Å². The van der Waals surface area contributed by atoms with Crippen LogP contribution in [0.15, 0.2) is 42.6 Å². The van der Waals surface area contributed by atoms with Gasteiger partial charge in [-0.25, -0.2) is 9.97 Å². The molecule has 0 bridgehead atoms. The maximum absolute atomic E-state index is 11.6. The molecule has 6 heteroatoms. The number of hydrogen-bond acceptors (Lipinski definition) is 4. The van der Waals surface area contributed by atoms with E-state index in [2.05, 4.69) is 17.2 Å². The Labute approximate surface area is 155 Å². The number of benzene rings is 1. The smallest absolute Gasteiger partial charge is 0.225 e. The van der Waals surface area contributed by atoms with Crippen molar-refractivity contribution >= 4 is 34.7 Å². The molecule has 1 N–H and O–H groups in total. The third-order valence-corrected chi connectivity index (χ3v) is 5.17. The zero-order valence-corrected chi connectivity index (χ0v) is 15.6. The summed E-state index contributed by atoms with van der Waals surface area (Å²) in [5.74, 6) is 0.492. The molecule has 0 aliphatic heterocycles. The third kappa shape index (κ3) is 4.06. The second-order valence-corrected chi connectivity index (χ2v) is 7.00. The van der Waals surface area contributed by atoms with Gasteiger partial charge in [0.25, 0.3) is 0 Å². The van der Waals surface area contributed by atoms with Crippen LogP contribution in [-0.4, -0.2) is 15.9 Å². The van der Waals surface area contributed by atoms with Crippen molar-refractivity contribution in [3.05, 3.63) is 52.6 Å². The normalized spacial score (nSPS) is 10.7. The number of aryl methyl sites for hydroxylation is 1. The van der Waals surface area contributed by atoms with Crippen LogP contribution in [0, 0.1) is 0 Å². The third-order valence-electron chi connectivity index (χ3n) is 3.68. The van der Waals surface area contributed by atoms with Gasteiger partial charge in [-0.05, 0) is 36.2 Å². The van der Waals surface area contributed by atoms with E-state index in [0.29, 0.717) is 17.3 Å². The molecule has 1 aromatic carbocycles. The van der Waals surface area contributed by atoms with Crippen LogP contribution >= 0.6 is 22.9 Å². The van der Waals surface area contributed by atoms with Gasteiger partial charge in [0.05, 0.1) is 15.6 Å². The summed E-state index contributed by atoms with van der Waals surface area (Å²) in [6.07, 6.45) is 2.98. The average molecular weight is 372 g/mol. The molecule has 3 aromatic rings. The molecule has 0 unspecified atom stereocenters. The molecular weight excluding hydrogens is 354 g/mol.